The van der Waals surface area contributed by atoms with Crippen LogP contribution in [0.3, 0.4) is 0 Å². The Labute approximate surface area is 111 Å². The highest BCUT2D eigenvalue weighted by molar-refractivity contribution is 5.86. The summed E-state index contributed by atoms with van der Waals surface area (Å²) in [6, 6.07) is 13.5. The first-order valence-electron chi connectivity index (χ1n) is 6.23. The van der Waals surface area contributed by atoms with Crippen molar-refractivity contribution in [2.24, 2.45) is 0 Å². The van der Waals surface area contributed by atoms with Gasteiger partial charge in [0, 0.05) is 22.5 Å². The molecule has 2 aromatic rings. The van der Waals surface area contributed by atoms with E-state index in [1.165, 1.54) is 0 Å². The van der Waals surface area contributed by atoms with Crippen molar-refractivity contribution >= 4 is 11.4 Å². The van der Waals surface area contributed by atoms with Crippen molar-refractivity contribution in [1.29, 1.82) is 0 Å². The van der Waals surface area contributed by atoms with Gasteiger partial charge in [0.15, 0.2) is 6.29 Å². The molecule has 3 rings (SSSR count). The summed E-state index contributed by atoms with van der Waals surface area (Å²) in [4.78, 5) is 0. The zero-order valence-corrected chi connectivity index (χ0v) is 10.5. The van der Waals surface area contributed by atoms with Crippen molar-refractivity contribution in [2.45, 2.75) is 6.29 Å². The molecule has 0 radical (unpaired) electrons. The van der Waals surface area contributed by atoms with Gasteiger partial charge >= 0.3 is 0 Å². The smallest absolute Gasteiger partial charge is 0.184 e. The van der Waals surface area contributed by atoms with E-state index in [2.05, 4.69) is 0 Å². The van der Waals surface area contributed by atoms with Crippen LogP contribution in [0, 0.1) is 0 Å². The number of rotatable bonds is 2. The lowest BCUT2D eigenvalue weighted by Gasteiger charge is -2.12. The summed E-state index contributed by atoms with van der Waals surface area (Å²) in [5.41, 5.74) is 16.2. The van der Waals surface area contributed by atoms with Gasteiger partial charge in [-0.1, -0.05) is 30.3 Å². The Morgan fingerprint density at radius 1 is 0.842 bits per heavy atom. The Morgan fingerprint density at radius 2 is 1.42 bits per heavy atom. The van der Waals surface area contributed by atoms with Gasteiger partial charge in [0.2, 0.25) is 0 Å². The molecule has 98 valence electrons. The van der Waals surface area contributed by atoms with Crippen LogP contribution in [0.1, 0.15) is 11.9 Å². The summed E-state index contributed by atoms with van der Waals surface area (Å²) in [5, 5.41) is 0. The highest BCUT2D eigenvalue weighted by atomic mass is 16.7. The number of anilines is 2. The van der Waals surface area contributed by atoms with Gasteiger partial charge in [-0.2, -0.15) is 0 Å². The van der Waals surface area contributed by atoms with Crippen LogP contribution in [0.4, 0.5) is 11.4 Å². The summed E-state index contributed by atoms with van der Waals surface area (Å²) in [7, 11) is 0. The van der Waals surface area contributed by atoms with Gasteiger partial charge in [0.25, 0.3) is 0 Å². The van der Waals surface area contributed by atoms with E-state index in [-0.39, 0.29) is 6.29 Å². The monoisotopic (exact) mass is 256 g/mol. The highest BCUT2D eigenvalue weighted by Gasteiger charge is 2.18. The van der Waals surface area contributed by atoms with Crippen molar-refractivity contribution in [3.63, 3.8) is 0 Å². The molecule has 0 aromatic heterocycles. The summed E-state index contributed by atoms with van der Waals surface area (Å²) in [5.74, 6) is 0. The maximum Gasteiger partial charge on any atom is 0.184 e. The summed E-state index contributed by atoms with van der Waals surface area (Å²) in [6.45, 7) is 1.29. The molecular weight excluding hydrogens is 240 g/mol. The van der Waals surface area contributed by atoms with E-state index in [9.17, 15) is 0 Å². The molecular formula is C15H16N2O2. The van der Waals surface area contributed by atoms with E-state index in [4.69, 9.17) is 20.9 Å². The van der Waals surface area contributed by atoms with Crippen molar-refractivity contribution in [3.8, 4) is 11.1 Å². The molecule has 4 nitrogen and oxygen atoms in total. The molecule has 0 atom stereocenters. The molecule has 2 aromatic carbocycles. The molecule has 0 spiro atoms. The average molecular weight is 256 g/mol. The quantitative estimate of drug-likeness (QED) is 0.810. The number of nitrogen functional groups attached to an aromatic ring is 2. The second kappa shape index (κ2) is 4.91. The van der Waals surface area contributed by atoms with Gasteiger partial charge in [-0.3, -0.25) is 0 Å². The molecule has 19 heavy (non-hydrogen) atoms. The van der Waals surface area contributed by atoms with E-state index < -0.39 is 0 Å². The maximum absolute atomic E-state index is 5.98. The number of nitrogens with two attached hydrogens (primary N) is 2. The highest BCUT2D eigenvalue weighted by Crippen LogP contribution is 2.33. The Balaban J connectivity index is 1.94. The molecule has 1 fully saturated rings. The average Bonchev–Trinajstić information content (AvgIpc) is 2.93. The molecule has 1 aliphatic heterocycles. The summed E-state index contributed by atoms with van der Waals surface area (Å²) < 4.78 is 10.9. The van der Waals surface area contributed by atoms with E-state index in [0.29, 0.717) is 24.6 Å². The zero-order chi connectivity index (χ0) is 13.2. The lowest BCUT2D eigenvalue weighted by Crippen LogP contribution is -1.99. The van der Waals surface area contributed by atoms with Gasteiger partial charge in [-0.15, -0.1) is 0 Å². The van der Waals surface area contributed by atoms with E-state index in [0.717, 1.165) is 16.7 Å². The van der Waals surface area contributed by atoms with Crippen molar-refractivity contribution in [2.75, 3.05) is 24.7 Å². The zero-order valence-electron chi connectivity index (χ0n) is 10.5. The van der Waals surface area contributed by atoms with Gasteiger partial charge < -0.3 is 20.9 Å². The van der Waals surface area contributed by atoms with Gasteiger partial charge in [0.1, 0.15) is 0 Å². The number of ether oxygens (including phenoxy) is 2. The maximum atomic E-state index is 5.98. The molecule has 4 heteroatoms. The fourth-order valence-corrected chi connectivity index (χ4v) is 2.28. The molecule has 4 N–H and O–H groups in total. The largest absolute Gasteiger partial charge is 0.398 e. The predicted octanol–water partition coefficient (Wildman–Crippen LogP) is 2.56. The molecule has 1 saturated heterocycles. The molecule has 0 aliphatic carbocycles. The molecule has 0 unspecified atom stereocenters. The van der Waals surface area contributed by atoms with Crippen LogP contribution in [-0.4, -0.2) is 13.2 Å². The van der Waals surface area contributed by atoms with Crippen LogP contribution < -0.4 is 11.5 Å². The normalized spacial score (nSPS) is 15.8. The first-order chi connectivity index (χ1) is 9.25. The Hall–Kier alpha value is -2.04. The first kappa shape index (κ1) is 12.0. The van der Waals surface area contributed by atoms with Crippen LogP contribution in [0.5, 0.6) is 0 Å². The van der Waals surface area contributed by atoms with Crippen molar-refractivity contribution in [3.05, 3.63) is 48.0 Å². The van der Waals surface area contributed by atoms with Crippen LogP contribution in [0.2, 0.25) is 0 Å². The number of hydrogen-bond acceptors (Lipinski definition) is 4. The van der Waals surface area contributed by atoms with E-state index in [1.807, 2.05) is 42.5 Å². The first-order valence-corrected chi connectivity index (χ1v) is 6.23. The second-order valence-electron chi connectivity index (χ2n) is 4.51. The minimum absolute atomic E-state index is 0.250. The summed E-state index contributed by atoms with van der Waals surface area (Å²) >= 11 is 0. The van der Waals surface area contributed by atoms with E-state index >= 15 is 0 Å². The minimum atomic E-state index is -0.250. The van der Waals surface area contributed by atoms with E-state index in [1.54, 1.807) is 0 Å². The SMILES string of the molecule is Nc1cccc(N)c1-c1ccc(C2OCCO2)cc1. The Kier molecular flexibility index (Phi) is 3.11. The molecule has 0 bridgehead atoms. The Bertz CT molecular complexity index is 555. The van der Waals surface area contributed by atoms with Crippen LogP contribution in [-0.2, 0) is 9.47 Å². The molecule has 0 saturated carbocycles. The standard InChI is InChI=1S/C15H16N2O2/c16-12-2-1-3-13(17)14(12)10-4-6-11(7-5-10)15-18-8-9-19-15/h1-7,15H,8-9,16-17H2. The lowest BCUT2D eigenvalue weighted by molar-refractivity contribution is -0.0441. The fourth-order valence-electron chi connectivity index (χ4n) is 2.28. The fraction of sp³-hybridized carbons (Fsp3) is 0.200. The molecule has 1 heterocycles. The van der Waals surface area contributed by atoms with Gasteiger partial charge in [0.05, 0.1) is 13.2 Å². The molecule has 1 aliphatic rings. The van der Waals surface area contributed by atoms with Gasteiger partial charge in [-0.05, 0) is 17.7 Å². The van der Waals surface area contributed by atoms with Crippen LogP contribution in [0.25, 0.3) is 11.1 Å². The van der Waals surface area contributed by atoms with Gasteiger partial charge in [-0.25, -0.2) is 0 Å². The van der Waals surface area contributed by atoms with Crippen LogP contribution >= 0.6 is 0 Å². The third-order valence-electron chi connectivity index (χ3n) is 3.22. The topological polar surface area (TPSA) is 70.5 Å². The minimum Gasteiger partial charge on any atom is -0.398 e. The van der Waals surface area contributed by atoms with Crippen molar-refractivity contribution < 1.29 is 9.47 Å². The van der Waals surface area contributed by atoms with Crippen molar-refractivity contribution in [1.82, 2.24) is 0 Å². The second-order valence-corrected chi connectivity index (χ2v) is 4.51. The van der Waals surface area contributed by atoms with Crippen LogP contribution in [0.15, 0.2) is 42.5 Å². The third-order valence-corrected chi connectivity index (χ3v) is 3.22. The Morgan fingerprint density at radius 3 is 2.00 bits per heavy atom. The number of benzene rings is 2. The molecule has 0 amide bonds. The number of hydrogen-bond donors (Lipinski definition) is 2. The summed E-state index contributed by atoms with van der Waals surface area (Å²) in [6.07, 6.45) is -0.250. The third kappa shape index (κ3) is 2.28. The predicted molar refractivity (Wildman–Crippen MR) is 75.3 cm³/mol. The lowest BCUT2D eigenvalue weighted by atomic mass is 10.0.